The van der Waals surface area contributed by atoms with Gasteiger partial charge in [-0.2, -0.15) is 0 Å². The molecule has 0 amide bonds. The number of hydrogen-bond acceptors (Lipinski definition) is 3. The minimum Gasteiger partial charge on any atom is -0.379 e. The van der Waals surface area contributed by atoms with Gasteiger partial charge in [0.05, 0.1) is 13.2 Å². The van der Waals surface area contributed by atoms with E-state index in [-0.39, 0.29) is 0 Å². The third-order valence-electron chi connectivity index (χ3n) is 4.88. The summed E-state index contributed by atoms with van der Waals surface area (Å²) in [4.78, 5) is 4.80. The van der Waals surface area contributed by atoms with E-state index in [9.17, 15) is 0 Å². The molecule has 0 bridgehead atoms. The highest BCUT2D eigenvalue weighted by atomic mass is 35.5. The Bertz CT molecular complexity index is 690. The first-order valence-electron chi connectivity index (χ1n) is 8.75. The summed E-state index contributed by atoms with van der Waals surface area (Å²) in [7, 11) is 0. The highest BCUT2D eigenvalue weighted by Crippen LogP contribution is 2.34. The number of rotatable bonds is 3. The number of fused-ring (bicyclic) bond motifs is 1. The summed E-state index contributed by atoms with van der Waals surface area (Å²) in [6, 6.07) is 0. The second-order valence-electron chi connectivity index (χ2n) is 6.50. The van der Waals surface area contributed by atoms with Gasteiger partial charge in [-0.3, -0.25) is 4.90 Å². The summed E-state index contributed by atoms with van der Waals surface area (Å²) < 4.78 is 5.47. The van der Waals surface area contributed by atoms with Crippen LogP contribution < -0.4 is 0 Å². The lowest BCUT2D eigenvalue weighted by atomic mass is 9.96. The summed E-state index contributed by atoms with van der Waals surface area (Å²) in [6.45, 7) is 4.67. The van der Waals surface area contributed by atoms with Crippen molar-refractivity contribution in [1.29, 1.82) is 0 Å². The van der Waals surface area contributed by atoms with Crippen molar-refractivity contribution in [2.75, 3.05) is 32.8 Å². The van der Waals surface area contributed by atoms with Crippen LogP contribution in [0.3, 0.4) is 0 Å². The van der Waals surface area contributed by atoms with Gasteiger partial charge in [0.2, 0.25) is 0 Å². The first-order valence-corrected chi connectivity index (χ1v) is 9.13. The van der Waals surface area contributed by atoms with Crippen LogP contribution in [0.5, 0.6) is 0 Å². The molecule has 0 aromatic heterocycles. The van der Waals surface area contributed by atoms with Gasteiger partial charge in [-0.05, 0) is 36.5 Å². The Labute approximate surface area is 148 Å². The highest BCUT2D eigenvalue weighted by Gasteiger charge is 2.22. The van der Waals surface area contributed by atoms with Gasteiger partial charge in [0.15, 0.2) is 0 Å². The fraction of sp³-hybridized carbons (Fsp3) is 0.400. The largest absolute Gasteiger partial charge is 0.379 e. The zero-order valence-electron chi connectivity index (χ0n) is 13.9. The van der Waals surface area contributed by atoms with Crippen molar-refractivity contribution in [3.05, 3.63) is 70.2 Å². The van der Waals surface area contributed by atoms with Gasteiger partial charge in [0.1, 0.15) is 0 Å². The van der Waals surface area contributed by atoms with Gasteiger partial charge in [-0.15, -0.1) is 0 Å². The minimum absolute atomic E-state index is 0.838. The standard InChI is InChI=1S/C20H23ClN2O/c21-20-7-2-1-6-19(20)16-8-9-17-4-3-5-18(23(17)14-16)15-22-10-12-24-13-11-22/h1,4-6,8-9,14H,2-3,7,10-13,15H2. The van der Waals surface area contributed by atoms with Gasteiger partial charge in [-0.1, -0.05) is 42.0 Å². The molecular formula is C20H23ClN2O. The molecule has 3 heterocycles. The number of hydrogen-bond donors (Lipinski definition) is 0. The van der Waals surface area contributed by atoms with E-state index >= 15 is 0 Å². The van der Waals surface area contributed by atoms with Crippen molar-refractivity contribution >= 4 is 11.6 Å². The van der Waals surface area contributed by atoms with Gasteiger partial charge in [0, 0.05) is 42.3 Å². The minimum atomic E-state index is 0.838. The number of nitrogens with zero attached hydrogens (tertiary/aromatic N) is 2. The maximum atomic E-state index is 6.47. The molecule has 0 saturated carbocycles. The quantitative estimate of drug-likeness (QED) is 0.768. The van der Waals surface area contributed by atoms with E-state index in [1.807, 2.05) is 0 Å². The van der Waals surface area contributed by atoms with Crippen molar-refractivity contribution in [1.82, 2.24) is 9.80 Å². The molecule has 0 aromatic carbocycles. The Hall–Kier alpha value is -1.55. The monoisotopic (exact) mass is 342 g/mol. The van der Waals surface area contributed by atoms with E-state index in [4.69, 9.17) is 16.3 Å². The van der Waals surface area contributed by atoms with E-state index in [0.29, 0.717) is 0 Å². The van der Waals surface area contributed by atoms with Crippen LogP contribution in [-0.2, 0) is 4.74 Å². The van der Waals surface area contributed by atoms with Crippen LogP contribution in [0.4, 0.5) is 0 Å². The molecular weight excluding hydrogens is 320 g/mol. The maximum Gasteiger partial charge on any atom is 0.0594 e. The normalized spacial score (nSPS) is 24.5. The summed E-state index contributed by atoms with van der Waals surface area (Å²) in [5.74, 6) is 0. The second-order valence-corrected chi connectivity index (χ2v) is 6.95. The van der Waals surface area contributed by atoms with Gasteiger partial charge < -0.3 is 9.64 Å². The van der Waals surface area contributed by atoms with Crippen LogP contribution in [0.25, 0.3) is 0 Å². The van der Waals surface area contributed by atoms with Crippen LogP contribution in [0.1, 0.15) is 19.3 Å². The van der Waals surface area contributed by atoms with Gasteiger partial charge in [0.25, 0.3) is 0 Å². The molecule has 1 aliphatic carbocycles. The Morgan fingerprint density at radius 3 is 2.79 bits per heavy atom. The molecule has 126 valence electrons. The lowest BCUT2D eigenvalue weighted by Crippen LogP contribution is -2.40. The van der Waals surface area contributed by atoms with E-state index in [2.05, 4.69) is 52.5 Å². The molecule has 4 aliphatic rings. The zero-order valence-corrected chi connectivity index (χ0v) is 14.6. The topological polar surface area (TPSA) is 15.7 Å². The van der Waals surface area contributed by atoms with Gasteiger partial charge in [-0.25, -0.2) is 0 Å². The van der Waals surface area contributed by atoms with Gasteiger partial charge >= 0.3 is 0 Å². The lowest BCUT2D eigenvalue weighted by molar-refractivity contribution is 0.0403. The fourth-order valence-corrected chi connectivity index (χ4v) is 3.80. The third kappa shape index (κ3) is 3.30. The molecule has 24 heavy (non-hydrogen) atoms. The summed E-state index contributed by atoms with van der Waals surface area (Å²) in [6.07, 6.45) is 18.6. The van der Waals surface area contributed by atoms with Crippen LogP contribution in [-0.4, -0.2) is 42.6 Å². The SMILES string of the molecule is ClC1=C(C2=CN3C(=CCC=C3CN3CCOCC3)C=C2)C=CCC1. The van der Waals surface area contributed by atoms with Crippen molar-refractivity contribution in [3.63, 3.8) is 0 Å². The molecule has 4 heteroatoms. The molecule has 1 saturated heterocycles. The number of allylic oxidation sites excluding steroid dienone is 9. The molecule has 0 spiro atoms. The summed E-state index contributed by atoms with van der Waals surface area (Å²) >= 11 is 6.47. The molecule has 4 rings (SSSR count). The Morgan fingerprint density at radius 2 is 1.96 bits per heavy atom. The average Bonchev–Trinajstić information content (AvgIpc) is 2.63. The van der Waals surface area contributed by atoms with Crippen molar-refractivity contribution < 1.29 is 4.74 Å². The molecule has 0 unspecified atom stereocenters. The predicted molar refractivity (Wildman–Crippen MR) is 98.4 cm³/mol. The first-order chi connectivity index (χ1) is 11.8. The number of halogens is 1. The average molecular weight is 343 g/mol. The van der Waals surface area contributed by atoms with Crippen molar-refractivity contribution in [2.45, 2.75) is 19.3 Å². The summed E-state index contributed by atoms with van der Waals surface area (Å²) in [5, 5.41) is 0.969. The second kappa shape index (κ2) is 7.14. The molecule has 0 radical (unpaired) electrons. The smallest absolute Gasteiger partial charge is 0.0594 e. The molecule has 1 fully saturated rings. The molecule has 0 aromatic rings. The Balaban J connectivity index is 1.57. The maximum absolute atomic E-state index is 6.47. The van der Waals surface area contributed by atoms with E-state index in [1.54, 1.807) is 0 Å². The van der Waals surface area contributed by atoms with Crippen LogP contribution >= 0.6 is 11.6 Å². The van der Waals surface area contributed by atoms with E-state index < -0.39 is 0 Å². The Kier molecular flexibility index (Phi) is 4.74. The van der Waals surface area contributed by atoms with Crippen LogP contribution in [0.2, 0.25) is 0 Å². The molecule has 3 nitrogen and oxygen atoms in total. The highest BCUT2D eigenvalue weighted by molar-refractivity contribution is 6.30. The third-order valence-corrected chi connectivity index (χ3v) is 5.27. The Morgan fingerprint density at radius 1 is 1.08 bits per heavy atom. The van der Waals surface area contributed by atoms with Crippen molar-refractivity contribution in [3.8, 4) is 0 Å². The molecule has 0 atom stereocenters. The fourth-order valence-electron chi connectivity index (χ4n) is 3.52. The predicted octanol–water partition coefficient (Wildman–Crippen LogP) is 4.09. The lowest BCUT2D eigenvalue weighted by Gasteiger charge is -2.35. The van der Waals surface area contributed by atoms with E-state index in [0.717, 1.165) is 62.7 Å². The van der Waals surface area contributed by atoms with E-state index in [1.165, 1.54) is 17.0 Å². The number of ether oxygens (including phenoxy) is 1. The van der Waals surface area contributed by atoms with Crippen LogP contribution in [0.15, 0.2) is 70.2 Å². The first kappa shape index (κ1) is 15.9. The van der Waals surface area contributed by atoms with Crippen LogP contribution in [0, 0.1) is 0 Å². The molecule has 3 aliphatic heterocycles. The summed E-state index contributed by atoms with van der Waals surface area (Å²) in [5.41, 5.74) is 4.98. The zero-order chi connectivity index (χ0) is 16.4. The number of morpholine rings is 1. The van der Waals surface area contributed by atoms with Crippen molar-refractivity contribution in [2.24, 2.45) is 0 Å². The molecule has 0 N–H and O–H groups in total.